The molecule has 0 bridgehead atoms. The fourth-order valence-corrected chi connectivity index (χ4v) is 1.28. The summed E-state index contributed by atoms with van der Waals surface area (Å²) in [6.45, 7) is 0. The molecule has 4 nitrogen and oxygen atoms in total. The quantitative estimate of drug-likeness (QED) is 0.678. The molecule has 0 heterocycles. The van der Waals surface area contributed by atoms with Gasteiger partial charge in [-0.25, -0.2) is 0 Å². The van der Waals surface area contributed by atoms with Gasteiger partial charge < -0.3 is 14.6 Å². The number of alkyl halides is 3. The molecule has 0 fully saturated rings. The molecule has 0 saturated carbocycles. The van der Waals surface area contributed by atoms with Gasteiger partial charge in [0.15, 0.2) is 11.5 Å². The second-order valence-corrected chi connectivity index (χ2v) is 3.46. The first-order chi connectivity index (χ1) is 8.79. The van der Waals surface area contributed by atoms with Crippen LogP contribution in [0.25, 0.3) is 5.76 Å². The van der Waals surface area contributed by atoms with E-state index in [2.05, 4.69) is 0 Å². The normalized spacial score (nSPS) is 12.2. The van der Waals surface area contributed by atoms with Gasteiger partial charge in [-0.1, -0.05) is 0 Å². The van der Waals surface area contributed by atoms with Gasteiger partial charge in [-0.05, 0) is 18.2 Å². The number of halogens is 3. The van der Waals surface area contributed by atoms with Gasteiger partial charge in [0, 0.05) is 11.6 Å². The maximum absolute atomic E-state index is 12.0. The molecule has 0 aliphatic heterocycles. The summed E-state index contributed by atoms with van der Waals surface area (Å²) in [5, 5.41) is 9.48. The van der Waals surface area contributed by atoms with Crippen molar-refractivity contribution in [3.8, 4) is 11.5 Å². The summed E-state index contributed by atoms with van der Waals surface area (Å²) in [6.07, 6.45) is -4.91. The summed E-state index contributed by atoms with van der Waals surface area (Å²) >= 11 is 0. The van der Waals surface area contributed by atoms with Crippen LogP contribution >= 0.6 is 0 Å². The number of ketones is 1. The molecular weight excluding hydrogens is 265 g/mol. The van der Waals surface area contributed by atoms with E-state index in [1.807, 2.05) is 0 Å². The van der Waals surface area contributed by atoms with Crippen LogP contribution in [-0.2, 0) is 4.79 Å². The molecule has 0 atom stereocenters. The third kappa shape index (κ3) is 3.64. The number of rotatable bonds is 4. The Morgan fingerprint density at radius 2 is 1.79 bits per heavy atom. The largest absolute Gasteiger partial charge is 0.507 e. The number of hydrogen-bond donors (Lipinski definition) is 1. The molecule has 1 N–H and O–H groups in total. The zero-order chi connectivity index (χ0) is 14.6. The van der Waals surface area contributed by atoms with Gasteiger partial charge in [0.05, 0.1) is 14.2 Å². The number of carbonyl (C=O) groups is 1. The molecule has 0 aromatic heterocycles. The standard InChI is InChI=1S/C12H11F3O4/c1-18-9-4-3-7(5-10(9)19-2)8(16)6-11(17)12(13,14)15/h3-6,16H,1-2H3/b8-6-. The molecule has 0 radical (unpaired) electrons. The highest BCUT2D eigenvalue weighted by molar-refractivity contribution is 5.99. The topological polar surface area (TPSA) is 55.8 Å². The molecule has 1 aromatic carbocycles. The molecule has 19 heavy (non-hydrogen) atoms. The lowest BCUT2D eigenvalue weighted by Gasteiger charge is -2.09. The fourth-order valence-electron chi connectivity index (χ4n) is 1.28. The van der Waals surface area contributed by atoms with Crippen molar-refractivity contribution in [3.05, 3.63) is 29.8 Å². The van der Waals surface area contributed by atoms with Crippen LogP contribution in [0, 0.1) is 0 Å². The van der Waals surface area contributed by atoms with Crippen molar-refractivity contribution in [1.82, 2.24) is 0 Å². The minimum Gasteiger partial charge on any atom is -0.507 e. The summed E-state index contributed by atoms with van der Waals surface area (Å²) in [6, 6.07) is 3.96. The maximum atomic E-state index is 12.0. The summed E-state index contributed by atoms with van der Waals surface area (Å²) < 4.78 is 46.0. The molecule has 1 rings (SSSR count). The van der Waals surface area contributed by atoms with Crippen LogP contribution in [0.1, 0.15) is 5.56 Å². The number of benzene rings is 1. The lowest BCUT2D eigenvalue weighted by Crippen LogP contribution is -2.20. The minimum atomic E-state index is -5.02. The number of aliphatic hydroxyl groups excluding tert-OH is 1. The monoisotopic (exact) mass is 276 g/mol. The summed E-state index contributed by atoms with van der Waals surface area (Å²) in [5.74, 6) is -2.37. The number of aliphatic hydroxyl groups is 1. The summed E-state index contributed by atoms with van der Waals surface area (Å²) in [5.41, 5.74) is 0.00949. The molecule has 0 aliphatic carbocycles. The van der Waals surface area contributed by atoms with Gasteiger partial charge >= 0.3 is 6.18 Å². The van der Waals surface area contributed by atoms with Gasteiger partial charge in [0.1, 0.15) is 5.76 Å². The second-order valence-electron chi connectivity index (χ2n) is 3.46. The molecule has 0 unspecified atom stereocenters. The van der Waals surface area contributed by atoms with Crippen LogP contribution in [0.15, 0.2) is 24.3 Å². The molecule has 0 saturated heterocycles. The van der Waals surface area contributed by atoms with Crippen molar-refractivity contribution in [1.29, 1.82) is 0 Å². The second kappa shape index (κ2) is 5.64. The Labute approximate surface area is 107 Å². The van der Waals surface area contributed by atoms with Gasteiger partial charge in [0.25, 0.3) is 5.78 Å². The summed E-state index contributed by atoms with van der Waals surface area (Å²) in [7, 11) is 2.73. The third-order valence-corrected chi connectivity index (χ3v) is 2.23. The Kier molecular flexibility index (Phi) is 4.42. The van der Waals surface area contributed by atoms with Crippen molar-refractivity contribution in [3.63, 3.8) is 0 Å². The van der Waals surface area contributed by atoms with E-state index in [1.165, 1.54) is 32.4 Å². The van der Waals surface area contributed by atoms with Crippen LogP contribution in [-0.4, -0.2) is 31.3 Å². The van der Waals surface area contributed by atoms with Crippen LogP contribution < -0.4 is 9.47 Å². The van der Waals surface area contributed by atoms with E-state index in [0.29, 0.717) is 5.75 Å². The fraction of sp³-hybridized carbons (Fsp3) is 0.250. The lowest BCUT2D eigenvalue weighted by molar-refractivity contribution is -0.165. The lowest BCUT2D eigenvalue weighted by atomic mass is 10.1. The average Bonchev–Trinajstić information content (AvgIpc) is 2.36. The number of carbonyl (C=O) groups excluding carboxylic acids is 1. The van der Waals surface area contributed by atoms with Crippen LogP contribution in [0.5, 0.6) is 11.5 Å². The smallest absolute Gasteiger partial charge is 0.454 e. The van der Waals surface area contributed by atoms with Crippen molar-refractivity contribution in [2.24, 2.45) is 0 Å². The van der Waals surface area contributed by atoms with Gasteiger partial charge in [0.2, 0.25) is 0 Å². The van der Waals surface area contributed by atoms with E-state index in [1.54, 1.807) is 0 Å². The van der Waals surface area contributed by atoms with E-state index in [9.17, 15) is 23.1 Å². The van der Waals surface area contributed by atoms with Crippen LogP contribution in [0.2, 0.25) is 0 Å². The van der Waals surface area contributed by atoms with Gasteiger partial charge in [-0.3, -0.25) is 4.79 Å². The van der Waals surface area contributed by atoms with Crippen molar-refractivity contribution < 1.29 is 32.5 Å². The predicted octanol–water partition coefficient (Wildman–Crippen LogP) is 2.73. The Bertz CT molecular complexity index is 506. The molecule has 7 heteroatoms. The Balaban J connectivity index is 3.10. The number of hydrogen-bond acceptors (Lipinski definition) is 4. The van der Waals surface area contributed by atoms with Crippen molar-refractivity contribution in [2.75, 3.05) is 14.2 Å². The van der Waals surface area contributed by atoms with Crippen molar-refractivity contribution in [2.45, 2.75) is 6.18 Å². The zero-order valence-corrected chi connectivity index (χ0v) is 10.1. The highest BCUT2D eigenvalue weighted by Crippen LogP contribution is 2.30. The molecular formula is C12H11F3O4. The number of allylic oxidation sites excluding steroid dienone is 1. The highest BCUT2D eigenvalue weighted by atomic mass is 19.4. The van der Waals surface area contributed by atoms with E-state index < -0.39 is 17.7 Å². The van der Waals surface area contributed by atoms with Gasteiger partial charge in [-0.15, -0.1) is 0 Å². The SMILES string of the molecule is COc1ccc(/C(O)=C/C(=O)C(F)(F)F)cc1OC. The first-order valence-electron chi connectivity index (χ1n) is 5.03. The van der Waals surface area contributed by atoms with E-state index >= 15 is 0 Å². The molecule has 0 aliphatic rings. The molecule has 0 amide bonds. The predicted molar refractivity (Wildman–Crippen MR) is 61.2 cm³/mol. The maximum Gasteiger partial charge on any atom is 0.454 e. The third-order valence-electron chi connectivity index (χ3n) is 2.23. The highest BCUT2D eigenvalue weighted by Gasteiger charge is 2.37. The zero-order valence-electron chi connectivity index (χ0n) is 10.1. The number of ether oxygens (including phenoxy) is 2. The Morgan fingerprint density at radius 1 is 1.21 bits per heavy atom. The molecule has 104 valence electrons. The van der Waals surface area contributed by atoms with E-state index in [-0.39, 0.29) is 17.4 Å². The first kappa shape index (κ1) is 14.9. The van der Waals surface area contributed by atoms with Gasteiger partial charge in [-0.2, -0.15) is 13.2 Å². The van der Waals surface area contributed by atoms with Crippen molar-refractivity contribution >= 4 is 11.5 Å². The Morgan fingerprint density at radius 3 is 2.26 bits per heavy atom. The van der Waals surface area contributed by atoms with Crippen LogP contribution in [0.4, 0.5) is 13.2 Å². The van der Waals surface area contributed by atoms with Crippen LogP contribution in [0.3, 0.4) is 0 Å². The molecule has 1 aromatic rings. The average molecular weight is 276 g/mol. The first-order valence-corrected chi connectivity index (χ1v) is 5.03. The summed E-state index contributed by atoms with van der Waals surface area (Å²) in [4.78, 5) is 10.7. The molecule has 0 spiro atoms. The van der Waals surface area contributed by atoms with E-state index in [0.717, 1.165) is 0 Å². The Hall–Kier alpha value is -2.18. The number of methoxy groups -OCH3 is 2. The minimum absolute atomic E-state index is 0.00949. The van der Waals surface area contributed by atoms with E-state index in [4.69, 9.17) is 9.47 Å².